The number of hydrogen-bond donors (Lipinski definition) is 2. The van der Waals surface area contributed by atoms with Gasteiger partial charge in [-0.15, -0.1) is 0 Å². The molecule has 0 fully saturated rings. The van der Waals surface area contributed by atoms with E-state index in [1.807, 2.05) is 0 Å². The second-order valence-corrected chi connectivity index (χ2v) is 2.27. The molecular formula is H2O7SV. The summed E-state index contributed by atoms with van der Waals surface area (Å²) in [5, 5.41) is 0. The molecule has 0 saturated heterocycles. The van der Waals surface area contributed by atoms with E-state index in [0.29, 0.717) is 0 Å². The molecule has 2 N–H and O–H groups in total. The van der Waals surface area contributed by atoms with Crippen molar-refractivity contribution in [3.63, 3.8) is 0 Å². The van der Waals surface area contributed by atoms with Crippen LogP contribution < -0.4 is 0 Å². The molecule has 55 valence electrons. The Bertz CT molecular complexity index is 222. The van der Waals surface area contributed by atoms with Crippen molar-refractivity contribution in [3.8, 4) is 0 Å². The van der Waals surface area contributed by atoms with Gasteiger partial charge >= 0.3 is 36.4 Å². The third-order valence-corrected chi connectivity index (χ3v) is 0. The fourth-order valence-electron chi connectivity index (χ4n) is 0. The molecule has 0 aliphatic heterocycles. The van der Waals surface area contributed by atoms with Crippen LogP contribution >= 0.6 is 0 Å². The molecule has 7 nitrogen and oxygen atoms in total. The van der Waals surface area contributed by atoms with E-state index < -0.39 is 25.4 Å². The molecule has 0 radical (unpaired) electrons. The SMILES string of the molecule is O=S(=O)(O)O.[O]=[V](=[O])=[O]. The zero-order valence-corrected chi connectivity index (χ0v) is 6.00. The Morgan fingerprint density at radius 1 is 1.00 bits per heavy atom. The third-order valence-electron chi connectivity index (χ3n) is 0. The van der Waals surface area contributed by atoms with Gasteiger partial charge in [0.05, 0.1) is 0 Å². The van der Waals surface area contributed by atoms with Crippen molar-refractivity contribution >= 4 is 10.4 Å². The molecule has 0 aromatic rings. The summed E-state index contributed by atoms with van der Waals surface area (Å²) in [5.74, 6) is 0. The van der Waals surface area contributed by atoms with Crippen LogP contribution in [-0.4, -0.2) is 17.5 Å². The zero-order chi connectivity index (χ0) is 8.08. The van der Waals surface area contributed by atoms with Crippen LogP contribution in [0, 0.1) is 0 Å². The first kappa shape index (κ1) is 11.6. The molecule has 0 aliphatic carbocycles. The Morgan fingerprint density at radius 3 is 1.00 bits per heavy atom. The summed E-state index contributed by atoms with van der Waals surface area (Å²) in [6.45, 7) is 0. The topological polar surface area (TPSA) is 126 Å². The molecule has 0 spiro atoms. The normalized spacial score (nSPS) is 9.11. The van der Waals surface area contributed by atoms with E-state index >= 15 is 0 Å². The van der Waals surface area contributed by atoms with E-state index in [0.717, 1.165) is 0 Å². The van der Waals surface area contributed by atoms with Crippen molar-refractivity contribution in [2.75, 3.05) is 0 Å². The Labute approximate surface area is 54.5 Å². The van der Waals surface area contributed by atoms with Crippen LogP contribution in [0.3, 0.4) is 0 Å². The molecule has 0 heterocycles. The number of rotatable bonds is 0. The van der Waals surface area contributed by atoms with Crippen molar-refractivity contribution in [2.45, 2.75) is 0 Å². The molecule has 9 heteroatoms. The van der Waals surface area contributed by atoms with Gasteiger partial charge in [-0.1, -0.05) is 0 Å². The van der Waals surface area contributed by atoms with Gasteiger partial charge in [-0.3, -0.25) is 9.11 Å². The van der Waals surface area contributed by atoms with Crippen molar-refractivity contribution in [3.05, 3.63) is 0 Å². The Balaban J connectivity index is 0. The predicted molar refractivity (Wildman–Crippen MR) is 16.2 cm³/mol. The summed E-state index contributed by atoms with van der Waals surface area (Å²) in [4.78, 5) is 0. The third kappa shape index (κ3) is 12700. The van der Waals surface area contributed by atoms with Gasteiger partial charge in [0.1, 0.15) is 0 Å². The van der Waals surface area contributed by atoms with Gasteiger partial charge in [-0.25, -0.2) is 0 Å². The molecule has 0 atom stereocenters. The van der Waals surface area contributed by atoms with Gasteiger partial charge in [-0.05, 0) is 0 Å². The van der Waals surface area contributed by atoms with Gasteiger partial charge in [0, 0.05) is 0 Å². The average Bonchev–Trinajstić information content (AvgIpc) is 1.19. The van der Waals surface area contributed by atoms with E-state index in [1.165, 1.54) is 0 Å². The summed E-state index contributed by atoms with van der Waals surface area (Å²) >= 11 is -3.94. The fourth-order valence-corrected chi connectivity index (χ4v) is 0. The van der Waals surface area contributed by atoms with Crippen molar-refractivity contribution in [1.29, 1.82) is 0 Å². The zero-order valence-electron chi connectivity index (χ0n) is 3.79. The molecule has 0 unspecified atom stereocenters. The van der Waals surface area contributed by atoms with E-state index in [1.54, 1.807) is 0 Å². The molecule has 9 heavy (non-hydrogen) atoms. The molecule has 0 bridgehead atoms. The minimum absolute atomic E-state index is 3.94. The predicted octanol–water partition coefficient (Wildman–Crippen LogP) is -1.01. The monoisotopic (exact) mass is 197 g/mol. The van der Waals surface area contributed by atoms with Gasteiger partial charge in [0.25, 0.3) is 0 Å². The Kier molecular flexibility index (Phi) is 6.08. The summed E-state index contributed by atoms with van der Waals surface area (Å²) in [6, 6.07) is 0. The van der Waals surface area contributed by atoms with Crippen LogP contribution in [0.1, 0.15) is 0 Å². The van der Waals surface area contributed by atoms with E-state index in [4.69, 9.17) is 28.5 Å². The second kappa shape index (κ2) is 4.71. The van der Waals surface area contributed by atoms with Crippen LogP contribution in [0.2, 0.25) is 0 Å². The quantitative estimate of drug-likeness (QED) is 0.476. The van der Waals surface area contributed by atoms with Crippen LogP contribution in [0.4, 0.5) is 0 Å². The summed E-state index contributed by atoms with van der Waals surface area (Å²) in [7, 11) is -4.67. The van der Waals surface area contributed by atoms with Gasteiger partial charge in [0.2, 0.25) is 0 Å². The first-order valence-corrected chi connectivity index (χ1v) is 4.35. The molecule has 0 amide bonds. The van der Waals surface area contributed by atoms with E-state index in [-0.39, 0.29) is 0 Å². The van der Waals surface area contributed by atoms with E-state index in [9.17, 15) is 0 Å². The maximum absolute atomic E-state index is 8.74. The first-order valence-electron chi connectivity index (χ1n) is 1.25. The molecule has 0 aromatic carbocycles. The number of hydrogen-bond acceptors (Lipinski definition) is 5. The standard InChI is InChI=1S/H2O4S.3O.V/c1-5(2,3)4;;;;/h(H2,1,2,3,4);;;;. The summed E-state index contributed by atoms with van der Waals surface area (Å²) < 4.78 is 57.3. The maximum atomic E-state index is 8.74. The molecule has 0 rings (SSSR count). The average molecular weight is 197 g/mol. The van der Waals surface area contributed by atoms with Gasteiger partial charge in [-0.2, -0.15) is 8.42 Å². The van der Waals surface area contributed by atoms with Crippen molar-refractivity contribution in [2.24, 2.45) is 0 Å². The van der Waals surface area contributed by atoms with Crippen LogP contribution in [-0.2, 0) is 36.4 Å². The van der Waals surface area contributed by atoms with Crippen molar-refractivity contribution < 1.29 is 43.5 Å². The van der Waals surface area contributed by atoms with Gasteiger partial charge < -0.3 is 0 Å². The molecule has 0 saturated carbocycles. The van der Waals surface area contributed by atoms with Crippen LogP contribution in [0.25, 0.3) is 0 Å². The Morgan fingerprint density at radius 2 is 1.00 bits per heavy atom. The summed E-state index contributed by atoms with van der Waals surface area (Å²) in [6.07, 6.45) is 0. The van der Waals surface area contributed by atoms with E-state index in [2.05, 4.69) is 0 Å². The van der Waals surface area contributed by atoms with Crippen LogP contribution in [0.15, 0.2) is 0 Å². The second-order valence-electron chi connectivity index (χ2n) is 0.671. The molecule has 0 aliphatic rings. The molecule has 0 aromatic heterocycles. The van der Waals surface area contributed by atoms with Crippen molar-refractivity contribution in [1.82, 2.24) is 0 Å². The summed E-state index contributed by atoms with van der Waals surface area (Å²) in [5.41, 5.74) is 0. The Hall–Kier alpha value is -0.146. The minimum atomic E-state index is -4.67. The van der Waals surface area contributed by atoms with Gasteiger partial charge in [0.15, 0.2) is 0 Å². The van der Waals surface area contributed by atoms with Crippen LogP contribution in [0.5, 0.6) is 0 Å². The fraction of sp³-hybridized carbons (Fsp3) is 0. The first-order chi connectivity index (χ1) is 3.73. The molecular weight excluding hydrogens is 195 g/mol.